The molecule has 2 N–H and O–H groups in total. The fraction of sp³-hybridized carbons (Fsp3) is 0.300. The summed E-state index contributed by atoms with van der Waals surface area (Å²) in [5.41, 5.74) is 6.45. The number of nitrogens with two attached hydrogens (primary N) is 1. The van der Waals surface area contributed by atoms with Crippen LogP contribution in [0.2, 0.25) is 0 Å². The summed E-state index contributed by atoms with van der Waals surface area (Å²) >= 11 is 1.41. The summed E-state index contributed by atoms with van der Waals surface area (Å²) in [5, 5.41) is 0.524. The number of hydrogen-bond donors (Lipinski definition) is 1. The van der Waals surface area contributed by atoms with Gasteiger partial charge in [0.1, 0.15) is 21.7 Å². The normalized spacial score (nSPS) is 10.5. The van der Waals surface area contributed by atoms with Crippen LogP contribution in [-0.4, -0.2) is 18.7 Å². The van der Waals surface area contributed by atoms with Crippen LogP contribution in [-0.2, 0) is 0 Å². The van der Waals surface area contributed by atoms with Crippen LogP contribution in [0.25, 0.3) is 10.2 Å². The van der Waals surface area contributed by atoms with Crippen molar-refractivity contribution < 1.29 is 9.47 Å². The number of anilines is 1. The van der Waals surface area contributed by atoms with Crippen LogP contribution in [0, 0.1) is 0 Å². The van der Waals surface area contributed by atoms with Gasteiger partial charge in [0, 0.05) is 0 Å². The molecule has 0 atom stereocenters. The Balaban J connectivity index is 2.65. The average Bonchev–Trinajstić information content (AvgIpc) is 2.61. The number of nitrogens with zero attached hydrogens (tertiary/aromatic N) is 1. The highest BCUT2D eigenvalue weighted by Gasteiger charge is 2.12. The van der Waals surface area contributed by atoms with E-state index in [0.29, 0.717) is 11.7 Å². The molecular weight excluding hydrogens is 212 g/mol. The lowest BCUT2D eigenvalue weighted by atomic mass is 10.3. The molecule has 0 saturated carbocycles. The summed E-state index contributed by atoms with van der Waals surface area (Å²) in [5.74, 6) is 1.53. The van der Waals surface area contributed by atoms with E-state index in [-0.39, 0.29) is 0 Å². The Morgan fingerprint density at radius 1 is 1.40 bits per heavy atom. The van der Waals surface area contributed by atoms with Gasteiger partial charge in [0.05, 0.1) is 13.7 Å². The number of rotatable bonds is 3. The maximum Gasteiger partial charge on any atom is 0.181 e. The molecule has 0 radical (unpaired) electrons. The molecule has 1 aromatic carbocycles. The molecule has 0 unspecified atom stereocenters. The molecule has 2 rings (SSSR count). The summed E-state index contributed by atoms with van der Waals surface area (Å²) in [7, 11) is 1.63. The van der Waals surface area contributed by atoms with E-state index in [2.05, 4.69) is 4.98 Å². The average molecular weight is 224 g/mol. The highest BCUT2D eigenvalue weighted by Crippen LogP contribution is 2.37. The minimum absolute atomic E-state index is 0.524. The third-order valence-electron chi connectivity index (χ3n) is 2.01. The lowest BCUT2D eigenvalue weighted by molar-refractivity contribution is 0.343. The van der Waals surface area contributed by atoms with Gasteiger partial charge in [-0.3, -0.25) is 0 Å². The van der Waals surface area contributed by atoms with Crippen LogP contribution in [0.3, 0.4) is 0 Å². The highest BCUT2D eigenvalue weighted by atomic mass is 32.1. The van der Waals surface area contributed by atoms with Gasteiger partial charge in [0.25, 0.3) is 0 Å². The molecule has 0 aliphatic carbocycles. The zero-order valence-electron chi connectivity index (χ0n) is 8.61. The van der Waals surface area contributed by atoms with Crippen molar-refractivity contribution in [1.82, 2.24) is 4.98 Å². The molecule has 0 fully saturated rings. The second kappa shape index (κ2) is 3.94. The van der Waals surface area contributed by atoms with E-state index in [4.69, 9.17) is 15.2 Å². The predicted octanol–water partition coefficient (Wildman–Crippen LogP) is 2.29. The number of benzene rings is 1. The first-order valence-corrected chi connectivity index (χ1v) is 5.43. The van der Waals surface area contributed by atoms with Gasteiger partial charge in [0.2, 0.25) is 0 Å². The molecule has 0 spiro atoms. The SMILES string of the molecule is CCOc1ccc(OC)c2sc(N)nc12. The van der Waals surface area contributed by atoms with E-state index in [0.717, 1.165) is 21.7 Å². The highest BCUT2D eigenvalue weighted by molar-refractivity contribution is 7.22. The topological polar surface area (TPSA) is 57.4 Å². The molecule has 1 aromatic heterocycles. The number of aromatic nitrogens is 1. The van der Waals surface area contributed by atoms with Crippen molar-refractivity contribution in [2.75, 3.05) is 19.5 Å². The van der Waals surface area contributed by atoms with Gasteiger partial charge in [0.15, 0.2) is 5.13 Å². The molecule has 0 bridgehead atoms. The smallest absolute Gasteiger partial charge is 0.181 e. The summed E-state index contributed by atoms with van der Waals surface area (Å²) < 4.78 is 11.6. The Hall–Kier alpha value is -1.49. The van der Waals surface area contributed by atoms with Crippen molar-refractivity contribution in [2.45, 2.75) is 6.92 Å². The van der Waals surface area contributed by atoms with Crippen LogP contribution in [0.1, 0.15) is 6.92 Å². The summed E-state index contributed by atoms with van der Waals surface area (Å²) in [6, 6.07) is 3.72. The van der Waals surface area contributed by atoms with Crippen molar-refractivity contribution in [3.05, 3.63) is 12.1 Å². The minimum atomic E-state index is 0.524. The van der Waals surface area contributed by atoms with Gasteiger partial charge >= 0.3 is 0 Å². The van der Waals surface area contributed by atoms with Gasteiger partial charge in [-0.25, -0.2) is 4.98 Å². The molecule has 15 heavy (non-hydrogen) atoms. The van der Waals surface area contributed by atoms with E-state index in [1.807, 2.05) is 19.1 Å². The third kappa shape index (κ3) is 1.70. The molecule has 80 valence electrons. The van der Waals surface area contributed by atoms with E-state index >= 15 is 0 Å². The van der Waals surface area contributed by atoms with Crippen molar-refractivity contribution in [3.63, 3.8) is 0 Å². The maximum atomic E-state index is 5.68. The molecule has 2 aromatic rings. The fourth-order valence-corrected chi connectivity index (χ4v) is 2.25. The van der Waals surface area contributed by atoms with Gasteiger partial charge in [-0.05, 0) is 19.1 Å². The number of methoxy groups -OCH3 is 1. The van der Waals surface area contributed by atoms with Crippen molar-refractivity contribution in [1.29, 1.82) is 0 Å². The Labute approximate surface area is 91.6 Å². The van der Waals surface area contributed by atoms with Crippen molar-refractivity contribution >= 4 is 26.7 Å². The van der Waals surface area contributed by atoms with E-state index in [1.54, 1.807) is 7.11 Å². The standard InChI is InChI=1S/C10H12N2O2S/c1-3-14-6-4-5-7(13-2)9-8(6)12-10(11)15-9/h4-5H,3H2,1-2H3,(H2,11,12). The second-order valence-electron chi connectivity index (χ2n) is 2.93. The lowest BCUT2D eigenvalue weighted by Crippen LogP contribution is -1.93. The molecule has 0 aliphatic heterocycles. The van der Waals surface area contributed by atoms with E-state index in [1.165, 1.54) is 11.3 Å². The molecule has 5 heteroatoms. The number of hydrogen-bond acceptors (Lipinski definition) is 5. The zero-order chi connectivity index (χ0) is 10.8. The Bertz CT molecular complexity index is 481. The number of thiazole rings is 1. The predicted molar refractivity (Wildman–Crippen MR) is 61.8 cm³/mol. The van der Waals surface area contributed by atoms with Gasteiger partial charge in [-0.15, -0.1) is 0 Å². The Morgan fingerprint density at radius 3 is 2.80 bits per heavy atom. The molecule has 0 aliphatic rings. The Kier molecular flexibility index (Phi) is 2.64. The largest absolute Gasteiger partial charge is 0.495 e. The molecule has 0 saturated heterocycles. The molecular formula is C10H12N2O2S. The molecule has 4 nitrogen and oxygen atoms in total. The van der Waals surface area contributed by atoms with E-state index < -0.39 is 0 Å². The third-order valence-corrected chi connectivity index (χ3v) is 2.91. The van der Waals surface area contributed by atoms with Gasteiger partial charge in [-0.2, -0.15) is 0 Å². The van der Waals surface area contributed by atoms with Crippen LogP contribution in [0.5, 0.6) is 11.5 Å². The molecule has 0 amide bonds. The maximum absolute atomic E-state index is 5.68. The first-order valence-electron chi connectivity index (χ1n) is 4.62. The van der Waals surface area contributed by atoms with Gasteiger partial charge < -0.3 is 15.2 Å². The summed E-state index contributed by atoms with van der Waals surface area (Å²) in [4.78, 5) is 4.23. The first-order chi connectivity index (χ1) is 7.26. The summed E-state index contributed by atoms with van der Waals surface area (Å²) in [6.07, 6.45) is 0. The van der Waals surface area contributed by atoms with Crippen molar-refractivity contribution in [3.8, 4) is 11.5 Å². The fourth-order valence-electron chi connectivity index (χ4n) is 1.41. The first kappa shape index (κ1) is 10.0. The second-order valence-corrected chi connectivity index (χ2v) is 3.96. The monoisotopic (exact) mass is 224 g/mol. The molecule has 1 heterocycles. The van der Waals surface area contributed by atoms with Gasteiger partial charge in [-0.1, -0.05) is 11.3 Å². The lowest BCUT2D eigenvalue weighted by Gasteiger charge is -2.05. The zero-order valence-corrected chi connectivity index (χ0v) is 9.43. The Morgan fingerprint density at radius 2 is 2.13 bits per heavy atom. The number of ether oxygens (including phenoxy) is 2. The number of fused-ring (bicyclic) bond motifs is 1. The van der Waals surface area contributed by atoms with E-state index in [9.17, 15) is 0 Å². The summed E-state index contributed by atoms with van der Waals surface area (Å²) in [6.45, 7) is 2.55. The minimum Gasteiger partial charge on any atom is -0.495 e. The quantitative estimate of drug-likeness (QED) is 0.869. The number of nitrogen functional groups attached to an aromatic ring is 1. The van der Waals surface area contributed by atoms with Crippen LogP contribution < -0.4 is 15.2 Å². The van der Waals surface area contributed by atoms with Crippen LogP contribution in [0.15, 0.2) is 12.1 Å². The van der Waals surface area contributed by atoms with Crippen LogP contribution >= 0.6 is 11.3 Å². The van der Waals surface area contributed by atoms with Crippen molar-refractivity contribution in [2.24, 2.45) is 0 Å². The van der Waals surface area contributed by atoms with Crippen LogP contribution in [0.4, 0.5) is 5.13 Å².